The zero-order valence-electron chi connectivity index (χ0n) is 14.3. The number of halogens is 1. The Bertz CT molecular complexity index is 935. The first-order valence-electron chi connectivity index (χ1n) is 8.44. The number of thiophene rings is 1. The molecule has 3 nitrogen and oxygen atoms in total. The molecular weight excluding hydrogens is 349 g/mol. The number of fused-ring (bicyclic) bond motifs is 1. The molecule has 2 aromatic carbocycles. The lowest BCUT2D eigenvalue weighted by Crippen LogP contribution is -2.40. The van der Waals surface area contributed by atoms with E-state index in [0.717, 1.165) is 17.5 Å². The highest BCUT2D eigenvalue weighted by molar-refractivity contribution is 7.10. The number of carbonyl (C=O) groups is 1. The van der Waals surface area contributed by atoms with Gasteiger partial charge in [0, 0.05) is 17.0 Å². The lowest BCUT2D eigenvalue weighted by Gasteiger charge is -2.36. The van der Waals surface area contributed by atoms with Gasteiger partial charge in [0.15, 0.2) is 0 Å². The monoisotopic (exact) mass is 367 g/mol. The third-order valence-electron chi connectivity index (χ3n) is 4.73. The second-order valence-electron chi connectivity index (χ2n) is 6.23. The average Bonchev–Trinajstić information content (AvgIpc) is 3.16. The van der Waals surface area contributed by atoms with E-state index >= 15 is 0 Å². The van der Waals surface area contributed by atoms with E-state index in [1.165, 1.54) is 17.0 Å². The Morgan fingerprint density at radius 1 is 1.19 bits per heavy atom. The molecule has 3 aromatic rings. The van der Waals surface area contributed by atoms with Crippen LogP contribution >= 0.6 is 11.3 Å². The van der Waals surface area contributed by atoms with Gasteiger partial charge in [-0.2, -0.15) is 0 Å². The molecule has 1 amide bonds. The molecule has 0 bridgehead atoms. The summed E-state index contributed by atoms with van der Waals surface area (Å²) in [6.07, 6.45) is 0.834. The second-order valence-corrected chi connectivity index (χ2v) is 7.23. The topological polar surface area (TPSA) is 29.5 Å². The van der Waals surface area contributed by atoms with E-state index in [9.17, 15) is 9.18 Å². The average molecular weight is 367 g/mol. The number of methoxy groups -OCH3 is 1. The Hall–Kier alpha value is -2.66. The lowest BCUT2D eigenvalue weighted by molar-refractivity contribution is 0.0695. The summed E-state index contributed by atoms with van der Waals surface area (Å²) >= 11 is 1.71. The molecule has 0 saturated carbocycles. The van der Waals surface area contributed by atoms with E-state index in [1.807, 2.05) is 17.0 Å². The van der Waals surface area contributed by atoms with Gasteiger partial charge in [0.05, 0.1) is 13.2 Å². The molecule has 0 spiro atoms. The van der Waals surface area contributed by atoms with E-state index in [0.29, 0.717) is 17.9 Å². The SMILES string of the molecule is COc1cccc(C(=O)N2CCc3sccc3C2c2ccc(F)cc2)c1. The van der Waals surface area contributed by atoms with E-state index in [2.05, 4.69) is 11.4 Å². The van der Waals surface area contributed by atoms with Gasteiger partial charge in [0.2, 0.25) is 0 Å². The van der Waals surface area contributed by atoms with Crippen molar-refractivity contribution in [2.75, 3.05) is 13.7 Å². The Morgan fingerprint density at radius 2 is 2.00 bits per heavy atom. The normalized spacial score (nSPS) is 16.2. The maximum absolute atomic E-state index is 13.4. The molecule has 0 radical (unpaired) electrons. The van der Waals surface area contributed by atoms with E-state index < -0.39 is 0 Å². The van der Waals surface area contributed by atoms with E-state index in [4.69, 9.17) is 4.74 Å². The molecule has 2 heterocycles. The van der Waals surface area contributed by atoms with Crippen molar-refractivity contribution in [1.82, 2.24) is 4.90 Å². The van der Waals surface area contributed by atoms with Gasteiger partial charge in [-0.15, -0.1) is 11.3 Å². The molecule has 0 fully saturated rings. The van der Waals surface area contributed by atoms with Crippen LogP contribution in [0, 0.1) is 5.82 Å². The first-order chi connectivity index (χ1) is 12.7. The van der Waals surface area contributed by atoms with Crippen LogP contribution < -0.4 is 4.74 Å². The van der Waals surface area contributed by atoms with Crippen LogP contribution in [0.1, 0.15) is 32.4 Å². The number of benzene rings is 2. The largest absolute Gasteiger partial charge is 0.497 e. The van der Waals surface area contributed by atoms with Crippen LogP contribution in [0.2, 0.25) is 0 Å². The summed E-state index contributed by atoms with van der Waals surface area (Å²) in [5, 5.41) is 2.06. The Labute approximate surface area is 155 Å². The molecule has 0 saturated heterocycles. The predicted molar refractivity (Wildman–Crippen MR) is 100 cm³/mol. The summed E-state index contributed by atoms with van der Waals surface area (Å²) in [6.45, 7) is 0.631. The summed E-state index contributed by atoms with van der Waals surface area (Å²) in [6, 6.07) is 15.5. The Balaban J connectivity index is 1.76. The second kappa shape index (κ2) is 6.92. The van der Waals surface area contributed by atoms with Crippen LogP contribution in [0.25, 0.3) is 0 Å². The summed E-state index contributed by atoms with van der Waals surface area (Å²) < 4.78 is 18.7. The fraction of sp³-hybridized carbons (Fsp3) is 0.190. The van der Waals surface area contributed by atoms with Crippen LogP contribution in [-0.4, -0.2) is 24.5 Å². The number of amides is 1. The molecule has 132 valence electrons. The fourth-order valence-electron chi connectivity index (χ4n) is 3.46. The van der Waals surface area contributed by atoms with Gasteiger partial charge in [-0.25, -0.2) is 4.39 Å². The molecule has 1 aliphatic heterocycles. The highest BCUT2D eigenvalue weighted by Crippen LogP contribution is 2.38. The third-order valence-corrected chi connectivity index (χ3v) is 5.73. The van der Waals surface area contributed by atoms with Crippen molar-refractivity contribution in [1.29, 1.82) is 0 Å². The van der Waals surface area contributed by atoms with Crippen molar-refractivity contribution in [3.8, 4) is 5.75 Å². The van der Waals surface area contributed by atoms with Crippen molar-refractivity contribution in [2.24, 2.45) is 0 Å². The van der Waals surface area contributed by atoms with Gasteiger partial charge in [-0.3, -0.25) is 4.79 Å². The van der Waals surface area contributed by atoms with E-state index in [-0.39, 0.29) is 17.8 Å². The van der Waals surface area contributed by atoms with Crippen LogP contribution in [0.4, 0.5) is 4.39 Å². The minimum atomic E-state index is -0.277. The van der Waals surface area contributed by atoms with Crippen LogP contribution in [0.3, 0.4) is 0 Å². The van der Waals surface area contributed by atoms with Gasteiger partial charge < -0.3 is 9.64 Å². The van der Waals surface area contributed by atoms with Gasteiger partial charge in [-0.05, 0) is 59.3 Å². The molecule has 1 unspecified atom stereocenters. The van der Waals surface area contributed by atoms with Crippen LogP contribution in [-0.2, 0) is 6.42 Å². The summed E-state index contributed by atoms with van der Waals surface area (Å²) in [7, 11) is 1.59. The maximum Gasteiger partial charge on any atom is 0.254 e. The van der Waals surface area contributed by atoms with Crippen molar-refractivity contribution >= 4 is 17.2 Å². The molecule has 4 rings (SSSR count). The van der Waals surface area contributed by atoms with Gasteiger partial charge in [0.1, 0.15) is 11.6 Å². The molecule has 1 aromatic heterocycles. The Kier molecular flexibility index (Phi) is 4.47. The predicted octanol–water partition coefficient (Wildman–Crippen LogP) is 4.68. The molecule has 26 heavy (non-hydrogen) atoms. The van der Waals surface area contributed by atoms with Gasteiger partial charge in [-0.1, -0.05) is 18.2 Å². The zero-order chi connectivity index (χ0) is 18.1. The number of nitrogens with zero attached hydrogens (tertiary/aromatic N) is 1. The lowest BCUT2D eigenvalue weighted by atomic mass is 9.92. The smallest absolute Gasteiger partial charge is 0.254 e. The minimum Gasteiger partial charge on any atom is -0.497 e. The number of carbonyl (C=O) groups excluding carboxylic acids is 1. The fourth-order valence-corrected chi connectivity index (χ4v) is 4.37. The molecule has 5 heteroatoms. The quantitative estimate of drug-likeness (QED) is 0.672. The highest BCUT2D eigenvalue weighted by Gasteiger charge is 2.33. The van der Waals surface area contributed by atoms with Crippen LogP contribution in [0.15, 0.2) is 60.0 Å². The van der Waals surface area contributed by atoms with Crippen molar-refractivity contribution < 1.29 is 13.9 Å². The molecule has 0 aliphatic carbocycles. The minimum absolute atomic E-state index is 0.0462. The molecule has 1 aliphatic rings. The standard InChI is InChI=1S/C21H18FNO2S/c1-25-17-4-2-3-15(13-17)21(24)23-11-9-19-18(10-12-26-19)20(23)14-5-7-16(22)8-6-14/h2-8,10,12-13,20H,9,11H2,1H3. The zero-order valence-corrected chi connectivity index (χ0v) is 15.1. The maximum atomic E-state index is 13.4. The van der Waals surface area contributed by atoms with Crippen molar-refractivity contribution in [3.63, 3.8) is 0 Å². The molecule has 1 atom stereocenters. The van der Waals surface area contributed by atoms with Gasteiger partial charge >= 0.3 is 0 Å². The first-order valence-corrected chi connectivity index (χ1v) is 9.32. The summed E-state index contributed by atoms with van der Waals surface area (Å²) in [4.78, 5) is 16.4. The molecule has 0 N–H and O–H groups in total. The summed E-state index contributed by atoms with van der Waals surface area (Å²) in [5.74, 6) is 0.332. The third kappa shape index (κ3) is 2.99. The Morgan fingerprint density at radius 3 is 2.77 bits per heavy atom. The number of ether oxygens (including phenoxy) is 1. The summed E-state index contributed by atoms with van der Waals surface area (Å²) in [5.41, 5.74) is 2.64. The molecular formula is C21H18FNO2S. The number of hydrogen-bond donors (Lipinski definition) is 0. The van der Waals surface area contributed by atoms with E-state index in [1.54, 1.807) is 42.7 Å². The van der Waals surface area contributed by atoms with Crippen molar-refractivity contribution in [2.45, 2.75) is 12.5 Å². The van der Waals surface area contributed by atoms with Crippen molar-refractivity contribution in [3.05, 3.63) is 87.4 Å². The van der Waals surface area contributed by atoms with Crippen LogP contribution in [0.5, 0.6) is 5.75 Å². The number of rotatable bonds is 3. The number of hydrogen-bond acceptors (Lipinski definition) is 3. The highest BCUT2D eigenvalue weighted by atomic mass is 32.1. The van der Waals surface area contributed by atoms with Gasteiger partial charge in [0.25, 0.3) is 5.91 Å². The first kappa shape index (κ1) is 16.8.